The molecule has 2 unspecified atom stereocenters. The van der Waals surface area contributed by atoms with E-state index in [1.54, 1.807) is 0 Å². The van der Waals surface area contributed by atoms with Crippen molar-refractivity contribution in [2.75, 3.05) is 39.6 Å². The van der Waals surface area contributed by atoms with Crippen molar-refractivity contribution in [3.05, 3.63) is 0 Å². The van der Waals surface area contributed by atoms with Gasteiger partial charge in [-0.1, -0.05) is 356 Å². The standard InChI is InChI=1S/C77H150O17P2/c1-6-9-12-15-18-21-24-26-28-29-30-32-34-36-42-47-52-57-62-76(81)93-73(67-88-75(80)61-56-51-46-41-35-33-31-27-25-22-19-16-13-10-7-2)69-92-96(85,86)90-65-71(78)64-89-95(83,84)91-68-72(66-87-74(79)60-55-50-45-40-23-20-17-14-11-8-3)94-77(82)63-58-53-48-43-38-37-39-44-49-54-59-70(4)5/h70-73,78H,6-69H2,1-5H3,(H,83,84)(H,85,86)/t71-,72+,73+/m0/s1. The molecule has 0 aromatic carbocycles. The zero-order chi connectivity index (χ0) is 70.5. The highest BCUT2D eigenvalue weighted by atomic mass is 31.2. The normalized spacial score (nSPS) is 13.9. The molecule has 0 saturated heterocycles. The number of unbranched alkanes of at least 4 members (excludes halogenated alkanes) is 49. The molecule has 0 spiro atoms. The summed E-state index contributed by atoms with van der Waals surface area (Å²) in [6.45, 7) is 7.29. The van der Waals surface area contributed by atoms with Gasteiger partial charge in [0.15, 0.2) is 12.2 Å². The lowest BCUT2D eigenvalue weighted by molar-refractivity contribution is -0.161. The van der Waals surface area contributed by atoms with Crippen molar-refractivity contribution >= 4 is 39.5 Å². The van der Waals surface area contributed by atoms with Crippen molar-refractivity contribution in [2.45, 2.75) is 425 Å². The van der Waals surface area contributed by atoms with E-state index in [1.165, 1.54) is 231 Å². The zero-order valence-electron chi connectivity index (χ0n) is 62.5. The fourth-order valence-corrected chi connectivity index (χ4v) is 13.5. The summed E-state index contributed by atoms with van der Waals surface area (Å²) in [6.07, 6.45) is 59.6. The summed E-state index contributed by atoms with van der Waals surface area (Å²) in [4.78, 5) is 72.8. The number of hydrogen-bond acceptors (Lipinski definition) is 15. The third-order valence-corrected chi connectivity index (χ3v) is 19.9. The predicted octanol–water partition coefficient (Wildman–Crippen LogP) is 22.9. The lowest BCUT2D eigenvalue weighted by Crippen LogP contribution is -2.30. The number of aliphatic hydroxyl groups is 1. The first-order valence-corrected chi connectivity index (χ1v) is 43.1. The molecule has 0 amide bonds. The number of ether oxygens (including phenoxy) is 4. The number of aliphatic hydroxyl groups excluding tert-OH is 1. The molecule has 0 fully saturated rings. The summed E-state index contributed by atoms with van der Waals surface area (Å²) < 4.78 is 68.6. The van der Waals surface area contributed by atoms with Gasteiger partial charge in [-0.25, -0.2) is 9.13 Å². The summed E-state index contributed by atoms with van der Waals surface area (Å²) in [6, 6.07) is 0. The van der Waals surface area contributed by atoms with Crippen LogP contribution < -0.4 is 0 Å². The fourth-order valence-electron chi connectivity index (χ4n) is 11.9. The van der Waals surface area contributed by atoms with E-state index in [4.69, 9.17) is 37.0 Å². The van der Waals surface area contributed by atoms with Gasteiger partial charge >= 0.3 is 39.5 Å². The summed E-state index contributed by atoms with van der Waals surface area (Å²) in [5.74, 6) is -1.36. The first-order valence-electron chi connectivity index (χ1n) is 40.1. The number of hydrogen-bond donors (Lipinski definition) is 3. The molecule has 96 heavy (non-hydrogen) atoms. The van der Waals surface area contributed by atoms with E-state index in [-0.39, 0.29) is 25.7 Å². The minimum Gasteiger partial charge on any atom is -0.462 e. The molecule has 3 N–H and O–H groups in total. The molecular formula is C77H150O17P2. The van der Waals surface area contributed by atoms with E-state index in [1.807, 2.05) is 0 Å². The lowest BCUT2D eigenvalue weighted by Gasteiger charge is -2.21. The molecule has 0 bridgehead atoms. The Hall–Kier alpha value is -1.94. The van der Waals surface area contributed by atoms with Crippen LogP contribution in [0.25, 0.3) is 0 Å². The van der Waals surface area contributed by atoms with Crippen LogP contribution in [0.15, 0.2) is 0 Å². The van der Waals surface area contributed by atoms with Crippen molar-refractivity contribution < 1.29 is 80.2 Å². The van der Waals surface area contributed by atoms with Gasteiger partial charge in [-0.3, -0.25) is 37.3 Å². The van der Waals surface area contributed by atoms with Crippen molar-refractivity contribution in [1.82, 2.24) is 0 Å². The largest absolute Gasteiger partial charge is 0.472 e. The number of rotatable bonds is 77. The van der Waals surface area contributed by atoms with E-state index in [9.17, 15) is 43.2 Å². The minimum absolute atomic E-state index is 0.106. The van der Waals surface area contributed by atoms with Crippen LogP contribution in [0.3, 0.4) is 0 Å². The Morgan fingerprint density at radius 2 is 0.479 bits per heavy atom. The Bertz CT molecular complexity index is 1840. The smallest absolute Gasteiger partial charge is 0.462 e. The molecule has 0 radical (unpaired) electrons. The fraction of sp³-hybridized carbons (Fsp3) is 0.948. The highest BCUT2D eigenvalue weighted by Gasteiger charge is 2.30. The third-order valence-electron chi connectivity index (χ3n) is 18.0. The number of phosphoric ester groups is 2. The summed E-state index contributed by atoms with van der Waals surface area (Å²) in [5.41, 5.74) is 0. The molecule has 17 nitrogen and oxygen atoms in total. The second kappa shape index (κ2) is 70.1. The summed E-state index contributed by atoms with van der Waals surface area (Å²) >= 11 is 0. The van der Waals surface area contributed by atoms with E-state index in [0.29, 0.717) is 25.7 Å². The Balaban J connectivity index is 5.24. The average Bonchev–Trinajstić information content (AvgIpc) is 1.43. The van der Waals surface area contributed by atoms with Crippen LogP contribution >= 0.6 is 15.6 Å². The predicted molar refractivity (Wildman–Crippen MR) is 391 cm³/mol. The Kier molecular flexibility index (Phi) is 68.7. The maximum Gasteiger partial charge on any atom is 0.472 e. The minimum atomic E-state index is -4.96. The van der Waals surface area contributed by atoms with Crippen LogP contribution in [-0.2, 0) is 65.4 Å². The molecule has 0 rings (SSSR count). The van der Waals surface area contributed by atoms with Crippen molar-refractivity contribution in [3.63, 3.8) is 0 Å². The van der Waals surface area contributed by atoms with Gasteiger partial charge in [-0.2, -0.15) is 0 Å². The average molecular weight is 1410 g/mol. The van der Waals surface area contributed by atoms with Crippen molar-refractivity contribution in [3.8, 4) is 0 Å². The van der Waals surface area contributed by atoms with E-state index in [2.05, 4.69) is 34.6 Å². The molecule has 0 aliphatic heterocycles. The lowest BCUT2D eigenvalue weighted by atomic mass is 10.0. The van der Waals surface area contributed by atoms with Gasteiger partial charge in [0.05, 0.1) is 26.4 Å². The molecular weight excluding hydrogens is 1260 g/mol. The molecule has 19 heteroatoms. The quantitative estimate of drug-likeness (QED) is 0.0222. The summed E-state index contributed by atoms with van der Waals surface area (Å²) in [7, 11) is -9.91. The first-order chi connectivity index (χ1) is 46.5. The molecule has 0 saturated carbocycles. The Morgan fingerprint density at radius 3 is 0.708 bits per heavy atom. The molecule has 0 aliphatic rings. The van der Waals surface area contributed by atoms with Crippen molar-refractivity contribution in [1.29, 1.82) is 0 Å². The van der Waals surface area contributed by atoms with Gasteiger partial charge in [0.25, 0.3) is 0 Å². The van der Waals surface area contributed by atoms with Gasteiger partial charge in [0.2, 0.25) is 0 Å². The van der Waals surface area contributed by atoms with E-state index < -0.39 is 97.5 Å². The summed E-state index contributed by atoms with van der Waals surface area (Å²) in [5, 5.41) is 10.6. The number of phosphoric acid groups is 2. The third kappa shape index (κ3) is 70.5. The molecule has 0 aromatic rings. The molecule has 570 valence electrons. The maximum absolute atomic E-state index is 13.1. The molecule has 0 aliphatic carbocycles. The highest BCUT2D eigenvalue weighted by molar-refractivity contribution is 7.47. The van der Waals surface area contributed by atoms with Crippen LogP contribution in [0.1, 0.15) is 407 Å². The molecule has 0 heterocycles. The van der Waals surface area contributed by atoms with Gasteiger partial charge in [0.1, 0.15) is 19.3 Å². The monoisotopic (exact) mass is 1410 g/mol. The van der Waals surface area contributed by atoms with E-state index in [0.717, 1.165) is 95.8 Å². The SMILES string of the molecule is CCCCCCCCCCCCCCCCCCCCC(=O)O[C@H](COC(=O)CCCCCCCCCCCCCCCCC)COP(=O)(O)OC[C@@H](O)COP(=O)(O)OC[C@@H](COC(=O)CCCCCCCCCCCC)OC(=O)CCCCCCCCCCCCC(C)C. The van der Waals surface area contributed by atoms with Crippen molar-refractivity contribution in [2.24, 2.45) is 5.92 Å². The number of carbonyl (C=O) groups excluding carboxylic acids is 4. The van der Waals surface area contributed by atoms with E-state index >= 15 is 0 Å². The van der Waals surface area contributed by atoms with Crippen LogP contribution in [0.5, 0.6) is 0 Å². The van der Waals surface area contributed by atoms with Crippen LogP contribution in [0, 0.1) is 5.92 Å². The Morgan fingerprint density at radius 1 is 0.281 bits per heavy atom. The van der Waals surface area contributed by atoms with Gasteiger partial charge in [0, 0.05) is 25.7 Å². The first kappa shape index (κ1) is 94.1. The van der Waals surface area contributed by atoms with Crippen LogP contribution in [0.2, 0.25) is 0 Å². The molecule has 5 atom stereocenters. The Labute approximate surface area is 588 Å². The topological polar surface area (TPSA) is 237 Å². The number of esters is 4. The second-order valence-electron chi connectivity index (χ2n) is 28.2. The molecule has 0 aromatic heterocycles. The second-order valence-corrected chi connectivity index (χ2v) is 31.1. The maximum atomic E-state index is 13.1. The highest BCUT2D eigenvalue weighted by Crippen LogP contribution is 2.45. The van der Waals surface area contributed by atoms with Gasteiger partial charge in [-0.15, -0.1) is 0 Å². The zero-order valence-corrected chi connectivity index (χ0v) is 64.3. The van der Waals surface area contributed by atoms with Crippen LogP contribution in [0.4, 0.5) is 0 Å². The number of carbonyl (C=O) groups is 4. The van der Waals surface area contributed by atoms with Gasteiger partial charge in [-0.05, 0) is 31.6 Å². The van der Waals surface area contributed by atoms with Crippen LogP contribution in [-0.4, -0.2) is 96.7 Å². The van der Waals surface area contributed by atoms with Gasteiger partial charge < -0.3 is 33.8 Å².